The number of benzene rings is 1. The number of nitrogens with one attached hydrogen (secondary N) is 1. The van der Waals surface area contributed by atoms with Gasteiger partial charge in [-0.25, -0.2) is 4.79 Å². The van der Waals surface area contributed by atoms with E-state index in [-0.39, 0.29) is 18.2 Å². The van der Waals surface area contributed by atoms with Gasteiger partial charge in [-0.1, -0.05) is 30.3 Å². The second-order valence-corrected chi connectivity index (χ2v) is 7.63. The Morgan fingerprint density at radius 2 is 1.96 bits per heavy atom. The van der Waals surface area contributed by atoms with Crippen molar-refractivity contribution in [3.05, 3.63) is 35.9 Å². The molecule has 0 saturated heterocycles. The van der Waals surface area contributed by atoms with Crippen LogP contribution in [0.2, 0.25) is 0 Å². The maximum atomic E-state index is 12.1. The molecule has 134 valence electrons. The molecule has 2 atom stereocenters. The third kappa shape index (κ3) is 5.80. The highest BCUT2D eigenvalue weighted by Crippen LogP contribution is 2.31. The monoisotopic (exact) mass is 333 g/mol. The predicted octanol–water partition coefficient (Wildman–Crippen LogP) is 2.89. The standard InChI is InChI=1S/C19H31N3O2/c1-14(21-18(23)24-19(2,3)4)17(12-20)22(16-10-11-16)13-15-8-6-5-7-9-15/h5-9,14,16-17H,10-13,20H2,1-4H3,(H,21,23). The highest BCUT2D eigenvalue weighted by atomic mass is 16.6. The summed E-state index contributed by atoms with van der Waals surface area (Å²) in [7, 11) is 0. The van der Waals surface area contributed by atoms with E-state index in [0.717, 1.165) is 6.54 Å². The molecule has 0 aliphatic heterocycles. The van der Waals surface area contributed by atoms with Crippen LogP contribution in [0, 0.1) is 0 Å². The minimum absolute atomic E-state index is 0.0748. The number of carbonyl (C=O) groups is 1. The molecule has 0 radical (unpaired) electrons. The van der Waals surface area contributed by atoms with E-state index in [4.69, 9.17) is 10.5 Å². The summed E-state index contributed by atoms with van der Waals surface area (Å²) in [6.07, 6.45) is 2.01. The van der Waals surface area contributed by atoms with Gasteiger partial charge < -0.3 is 15.8 Å². The first-order valence-corrected chi connectivity index (χ1v) is 8.79. The average molecular weight is 333 g/mol. The van der Waals surface area contributed by atoms with Crippen LogP contribution in [0.25, 0.3) is 0 Å². The van der Waals surface area contributed by atoms with E-state index < -0.39 is 5.60 Å². The minimum atomic E-state index is -0.498. The molecule has 24 heavy (non-hydrogen) atoms. The Morgan fingerprint density at radius 1 is 1.33 bits per heavy atom. The Morgan fingerprint density at radius 3 is 2.46 bits per heavy atom. The van der Waals surface area contributed by atoms with Gasteiger partial charge >= 0.3 is 6.09 Å². The summed E-state index contributed by atoms with van der Waals surface area (Å²) in [5, 5.41) is 2.95. The van der Waals surface area contributed by atoms with Crippen LogP contribution < -0.4 is 11.1 Å². The van der Waals surface area contributed by atoms with Crippen molar-refractivity contribution in [2.75, 3.05) is 6.54 Å². The largest absolute Gasteiger partial charge is 0.444 e. The number of hydrogen-bond acceptors (Lipinski definition) is 4. The summed E-state index contributed by atoms with van der Waals surface area (Å²) in [4.78, 5) is 14.5. The van der Waals surface area contributed by atoms with Crippen LogP contribution in [0.4, 0.5) is 4.79 Å². The van der Waals surface area contributed by atoms with Gasteiger partial charge in [-0.15, -0.1) is 0 Å². The van der Waals surface area contributed by atoms with Gasteiger partial charge in [-0.3, -0.25) is 4.90 Å². The molecule has 0 aromatic heterocycles. The second kappa shape index (κ2) is 7.99. The number of ether oxygens (including phenoxy) is 1. The summed E-state index contributed by atoms with van der Waals surface area (Å²) >= 11 is 0. The number of nitrogens with two attached hydrogens (primary N) is 1. The highest BCUT2D eigenvalue weighted by molar-refractivity contribution is 5.68. The van der Waals surface area contributed by atoms with Crippen molar-refractivity contribution in [1.82, 2.24) is 10.2 Å². The van der Waals surface area contributed by atoms with E-state index >= 15 is 0 Å². The maximum absolute atomic E-state index is 12.1. The lowest BCUT2D eigenvalue weighted by atomic mass is 10.1. The lowest BCUT2D eigenvalue weighted by molar-refractivity contribution is 0.0462. The minimum Gasteiger partial charge on any atom is -0.444 e. The summed E-state index contributed by atoms with van der Waals surface area (Å²) in [5.41, 5.74) is 6.84. The van der Waals surface area contributed by atoms with E-state index in [1.54, 1.807) is 0 Å². The third-order valence-electron chi connectivity index (χ3n) is 4.21. The fourth-order valence-corrected chi connectivity index (χ4v) is 2.93. The smallest absolute Gasteiger partial charge is 0.407 e. The van der Waals surface area contributed by atoms with Crippen LogP contribution in [-0.2, 0) is 11.3 Å². The van der Waals surface area contributed by atoms with Crippen molar-refractivity contribution in [1.29, 1.82) is 0 Å². The molecule has 5 heteroatoms. The summed E-state index contributed by atoms with van der Waals surface area (Å²) < 4.78 is 5.37. The molecule has 0 spiro atoms. The average Bonchev–Trinajstić information content (AvgIpc) is 3.30. The molecule has 5 nitrogen and oxygen atoms in total. The van der Waals surface area contributed by atoms with Crippen LogP contribution >= 0.6 is 0 Å². The van der Waals surface area contributed by atoms with Gasteiger partial charge in [0.15, 0.2) is 0 Å². The van der Waals surface area contributed by atoms with Gasteiger partial charge in [0.2, 0.25) is 0 Å². The Kier molecular flexibility index (Phi) is 6.24. The molecule has 2 unspecified atom stereocenters. The topological polar surface area (TPSA) is 67.6 Å². The van der Waals surface area contributed by atoms with Crippen LogP contribution in [0.1, 0.15) is 46.1 Å². The van der Waals surface area contributed by atoms with Gasteiger partial charge in [0.05, 0.1) is 0 Å². The second-order valence-electron chi connectivity index (χ2n) is 7.63. The van der Waals surface area contributed by atoms with Crippen LogP contribution in [-0.4, -0.2) is 41.3 Å². The van der Waals surface area contributed by atoms with Crippen molar-refractivity contribution < 1.29 is 9.53 Å². The normalized spacial score (nSPS) is 17.4. The molecular formula is C19H31N3O2. The van der Waals surface area contributed by atoms with Crippen molar-refractivity contribution in [2.45, 2.75) is 70.8 Å². The van der Waals surface area contributed by atoms with Crippen LogP contribution in [0.15, 0.2) is 30.3 Å². The number of hydrogen-bond donors (Lipinski definition) is 2. The first-order valence-electron chi connectivity index (χ1n) is 8.79. The Labute approximate surface area is 145 Å². The van der Waals surface area contributed by atoms with E-state index in [0.29, 0.717) is 12.6 Å². The highest BCUT2D eigenvalue weighted by Gasteiger charge is 2.36. The van der Waals surface area contributed by atoms with Gasteiger partial charge in [0.25, 0.3) is 0 Å². The van der Waals surface area contributed by atoms with Crippen LogP contribution in [0.3, 0.4) is 0 Å². The van der Waals surface area contributed by atoms with Crippen molar-refractivity contribution in [2.24, 2.45) is 5.73 Å². The molecule has 3 N–H and O–H groups in total. The number of carbonyl (C=O) groups excluding carboxylic acids is 1. The zero-order valence-corrected chi connectivity index (χ0v) is 15.3. The van der Waals surface area contributed by atoms with Crippen molar-refractivity contribution in [3.8, 4) is 0 Å². The number of nitrogens with zero attached hydrogens (tertiary/aromatic N) is 1. The van der Waals surface area contributed by atoms with E-state index in [1.165, 1.54) is 18.4 Å². The molecule has 0 heterocycles. The zero-order valence-electron chi connectivity index (χ0n) is 15.3. The summed E-state index contributed by atoms with van der Waals surface area (Å²) in [5.74, 6) is 0. The van der Waals surface area contributed by atoms with Gasteiger partial charge in [0.1, 0.15) is 5.60 Å². The van der Waals surface area contributed by atoms with Gasteiger partial charge in [0, 0.05) is 31.2 Å². The Hall–Kier alpha value is -1.59. The van der Waals surface area contributed by atoms with Gasteiger partial charge in [-0.05, 0) is 46.1 Å². The van der Waals surface area contributed by atoms with Crippen LogP contribution in [0.5, 0.6) is 0 Å². The lowest BCUT2D eigenvalue weighted by Crippen LogP contribution is -2.54. The Balaban J connectivity index is 2.01. The molecule has 1 aliphatic carbocycles. The molecule has 0 bridgehead atoms. The van der Waals surface area contributed by atoms with Gasteiger partial charge in [-0.2, -0.15) is 0 Å². The fourth-order valence-electron chi connectivity index (χ4n) is 2.93. The molecule has 1 aromatic rings. The van der Waals surface area contributed by atoms with Crippen molar-refractivity contribution >= 4 is 6.09 Å². The zero-order chi connectivity index (χ0) is 17.7. The first-order chi connectivity index (χ1) is 11.3. The molecule has 1 saturated carbocycles. The maximum Gasteiger partial charge on any atom is 0.407 e. The third-order valence-corrected chi connectivity index (χ3v) is 4.21. The molecular weight excluding hydrogens is 302 g/mol. The summed E-state index contributed by atoms with van der Waals surface area (Å²) in [6.45, 7) is 8.95. The van der Waals surface area contributed by atoms with E-state index in [9.17, 15) is 4.79 Å². The van der Waals surface area contributed by atoms with Crippen molar-refractivity contribution in [3.63, 3.8) is 0 Å². The van der Waals surface area contributed by atoms with E-state index in [1.807, 2.05) is 33.8 Å². The predicted molar refractivity (Wildman–Crippen MR) is 96.7 cm³/mol. The lowest BCUT2D eigenvalue weighted by Gasteiger charge is -2.35. The molecule has 1 aliphatic rings. The molecule has 1 aromatic carbocycles. The van der Waals surface area contributed by atoms with E-state index in [2.05, 4.69) is 34.5 Å². The molecule has 1 amide bonds. The first kappa shape index (κ1) is 18.7. The SMILES string of the molecule is CC(NC(=O)OC(C)(C)C)C(CN)N(Cc1ccccc1)C1CC1. The molecule has 1 fully saturated rings. The number of alkyl carbamates (subject to hydrolysis) is 1. The Bertz CT molecular complexity index is 523. The quantitative estimate of drug-likeness (QED) is 0.805. The number of rotatable bonds is 7. The number of amides is 1. The fraction of sp³-hybridized carbons (Fsp3) is 0.632. The summed E-state index contributed by atoms with van der Waals surface area (Å²) in [6, 6.07) is 11.0. The molecule has 2 rings (SSSR count).